The highest BCUT2D eigenvalue weighted by Gasteiger charge is 2.15. The van der Waals surface area contributed by atoms with Crippen molar-refractivity contribution in [2.75, 3.05) is 14.1 Å². The molecule has 0 saturated heterocycles. The maximum atomic E-state index is 11.8. The smallest absolute Gasteiger partial charge is 0.265 e. The number of hydrogen-bond donors (Lipinski definition) is 1. The van der Waals surface area contributed by atoms with Gasteiger partial charge in [0.25, 0.3) is 5.91 Å². The lowest BCUT2D eigenvalue weighted by Gasteiger charge is -2.22. The first-order valence-electron chi connectivity index (χ1n) is 6.75. The number of carbonyl (C=O) groups excluding carboxylic acids is 1. The predicted molar refractivity (Wildman–Crippen MR) is 73.4 cm³/mol. The molecule has 0 atom stereocenters. The molecule has 1 saturated carbocycles. The first-order valence-corrected chi connectivity index (χ1v) is 6.75. The third-order valence-electron chi connectivity index (χ3n) is 3.57. The van der Waals surface area contributed by atoms with Gasteiger partial charge in [-0.15, -0.1) is 0 Å². The van der Waals surface area contributed by atoms with E-state index < -0.39 is 0 Å². The van der Waals surface area contributed by atoms with Crippen LogP contribution in [0.25, 0.3) is 0 Å². The Kier molecular flexibility index (Phi) is 4.37. The lowest BCUT2D eigenvalue weighted by atomic mass is 9.84. The summed E-state index contributed by atoms with van der Waals surface area (Å²) in [6, 6.07) is 8.09. The van der Waals surface area contributed by atoms with Gasteiger partial charge in [0, 0.05) is 19.7 Å². The summed E-state index contributed by atoms with van der Waals surface area (Å²) in [7, 11) is 3.63. The van der Waals surface area contributed by atoms with E-state index in [-0.39, 0.29) is 5.91 Å². The standard InChI is InChI=1S/C15H22N2O/c1-17(2)16-15(18)14-10-8-13(9-11-14)12-6-4-3-5-7-12/h8-12H,3-7H2,1-2H3,(H,16,18). The van der Waals surface area contributed by atoms with E-state index in [9.17, 15) is 4.79 Å². The van der Waals surface area contributed by atoms with Crippen LogP contribution in [0.4, 0.5) is 0 Å². The van der Waals surface area contributed by atoms with Crippen LogP contribution in [0.15, 0.2) is 24.3 Å². The number of hydrogen-bond acceptors (Lipinski definition) is 2. The van der Waals surface area contributed by atoms with Crippen LogP contribution in [0.5, 0.6) is 0 Å². The van der Waals surface area contributed by atoms with Crippen molar-refractivity contribution in [2.45, 2.75) is 38.0 Å². The van der Waals surface area contributed by atoms with Gasteiger partial charge in [-0.05, 0) is 36.5 Å². The zero-order valence-corrected chi connectivity index (χ0v) is 11.3. The van der Waals surface area contributed by atoms with Crippen LogP contribution in [0.3, 0.4) is 0 Å². The summed E-state index contributed by atoms with van der Waals surface area (Å²) in [4.78, 5) is 11.8. The van der Waals surface area contributed by atoms with Crippen LogP contribution in [0.1, 0.15) is 53.9 Å². The van der Waals surface area contributed by atoms with Crippen molar-refractivity contribution in [3.63, 3.8) is 0 Å². The molecule has 1 fully saturated rings. The fraction of sp³-hybridized carbons (Fsp3) is 0.533. The van der Waals surface area contributed by atoms with Crippen LogP contribution >= 0.6 is 0 Å². The Labute approximate surface area is 109 Å². The summed E-state index contributed by atoms with van der Waals surface area (Å²) in [5.74, 6) is 0.653. The Morgan fingerprint density at radius 2 is 1.72 bits per heavy atom. The highest BCUT2D eigenvalue weighted by Crippen LogP contribution is 2.32. The second-order valence-electron chi connectivity index (χ2n) is 5.29. The van der Waals surface area contributed by atoms with Gasteiger partial charge in [0.15, 0.2) is 0 Å². The maximum Gasteiger partial charge on any atom is 0.265 e. The van der Waals surface area contributed by atoms with Crippen LogP contribution in [0, 0.1) is 0 Å². The molecule has 1 aliphatic rings. The molecule has 0 bridgehead atoms. The van der Waals surface area contributed by atoms with Crippen molar-refractivity contribution in [3.05, 3.63) is 35.4 Å². The van der Waals surface area contributed by atoms with E-state index in [0.29, 0.717) is 5.92 Å². The van der Waals surface area contributed by atoms with E-state index in [1.807, 2.05) is 26.2 Å². The molecule has 0 heterocycles. The zero-order chi connectivity index (χ0) is 13.0. The lowest BCUT2D eigenvalue weighted by molar-refractivity contribution is 0.0857. The largest absolute Gasteiger partial charge is 0.285 e. The lowest BCUT2D eigenvalue weighted by Crippen LogP contribution is -2.36. The molecule has 18 heavy (non-hydrogen) atoms. The van der Waals surface area contributed by atoms with Crippen LogP contribution < -0.4 is 5.43 Å². The summed E-state index contributed by atoms with van der Waals surface area (Å²) in [5, 5.41) is 1.66. The van der Waals surface area contributed by atoms with Crippen molar-refractivity contribution in [1.82, 2.24) is 10.4 Å². The van der Waals surface area contributed by atoms with Gasteiger partial charge in [-0.2, -0.15) is 0 Å². The highest BCUT2D eigenvalue weighted by molar-refractivity contribution is 5.93. The quantitative estimate of drug-likeness (QED) is 0.832. The van der Waals surface area contributed by atoms with Gasteiger partial charge in [0.2, 0.25) is 0 Å². The average molecular weight is 246 g/mol. The van der Waals surface area contributed by atoms with Crippen molar-refractivity contribution >= 4 is 5.91 Å². The molecule has 1 N–H and O–H groups in total. The summed E-state index contributed by atoms with van der Waals surface area (Å²) in [6.45, 7) is 0. The minimum Gasteiger partial charge on any atom is -0.285 e. The number of nitrogens with zero attached hydrogens (tertiary/aromatic N) is 1. The Bertz CT molecular complexity index is 391. The van der Waals surface area contributed by atoms with E-state index in [1.54, 1.807) is 5.01 Å². The minimum atomic E-state index is -0.0461. The van der Waals surface area contributed by atoms with Crippen molar-refractivity contribution in [2.24, 2.45) is 0 Å². The van der Waals surface area contributed by atoms with E-state index in [4.69, 9.17) is 0 Å². The Morgan fingerprint density at radius 3 is 2.28 bits per heavy atom. The van der Waals surface area contributed by atoms with E-state index >= 15 is 0 Å². The first kappa shape index (κ1) is 13.1. The molecule has 2 rings (SSSR count). The van der Waals surface area contributed by atoms with Gasteiger partial charge >= 0.3 is 0 Å². The van der Waals surface area contributed by atoms with Gasteiger partial charge in [-0.1, -0.05) is 31.4 Å². The molecule has 1 aromatic rings. The Morgan fingerprint density at radius 1 is 1.11 bits per heavy atom. The van der Waals surface area contributed by atoms with Crippen LogP contribution in [-0.2, 0) is 0 Å². The molecular weight excluding hydrogens is 224 g/mol. The maximum absolute atomic E-state index is 11.8. The van der Waals surface area contributed by atoms with Gasteiger partial charge in [-0.25, -0.2) is 5.01 Å². The topological polar surface area (TPSA) is 32.3 Å². The molecular formula is C15H22N2O. The fourth-order valence-corrected chi connectivity index (χ4v) is 2.61. The van der Waals surface area contributed by atoms with Crippen LogP contribution in [0.2, 0.25) is 0 Å². The van der Waals surface area contributed by atoms with Gasteiger partial charge in [-0.3, -0.25) is 10.2 Å². The van der Waals surface area contributed by atoms with Crippen molar-refractivity contribution in [1.29, 1.82) is 0 Å². The molecule has 1 aromatic carbocycles. The monoisotopic (exact) mass is 246 g/mol. The van der Waals surface area contributed by atoms with Gasteiger partial charge < -0.3 is 0 Å². The van der Waals surface area contributed by atoms with E-state index in [1.165, 1.54) is 37.7 Å². The third kappa shape index (κ3) is 3.33. The Hall–Kier alpha value is -1.35. The molecule has 3 heteroatoms. The van der Waals surface area contributed by atoms with E-state index in [2.05, 4.69) is 17.6 Å². The normalized spacial score (nSPS) is 16.8. The molecule has 0 aromatic heterocycles. The van der Waals surface area contributed by atoms with E-state index in [0.717, 1.165) is 5.56 Å². The second-order valence-corrected chi connectivity index (χ2v) is 5.29. The number of rotatable bonds is 3. The number of hydrazine groups is 1. The molecule has 1 amide bonds. The first-order chi connectivity index (χ1) is 8.66. The molecule has 0 radical (unpaired) electrons. The minimum absolute atomic E-state index is 0.0461. The molecule has 0 aliphatic heterocycles. The summed E-state index contributed by atoms with van der Waals surface area (Å²) >= 11 is 0. The number of amides is 1. The number of carbonyl (C=O) groups is 1. The fourth-order valence-electron chi connectivity index (χ4n) is 2.61. The number of nitrogens with one attached hydrogen (secondary N) is 1. The third-order valence-corrected chi connectivity index (χ3v) is 3.57. The van der Waals surface area contributed by atoms with Gasteiger partial charge in [0.05, 0.1) is 0 Å². The highest BCUT2D eigenvalue weighted by atomic mass is 16.2. The number of benzene rings is 1. The average Bonchev–Trinajstić information content (AvgIpc) is 2.39. The van der Waals surface area contributed by atoms with Crippen LogP contribution in [-0.4, -0.2) is 25.0 Å². The molecule has 3 nitrogen and oxygen atoms in total. The zero-order valence-electron chi connectivity index (χ0n) is 11.3. The SMILES string of the molecule is CN(C)NC(=O)c1ccc(C2CCCCC2)cc1. The molecule has 98 valence electrons. The predicted octanol–water partition coefficient (Wildman–Crippen LogP) is 2.94. The second kappa shape index (κ2) is 6.01. The van der Waals surface area contributed by atoms with Gasteiger partial charge in [0.1, 0.15) is 0 Å². The molecule has 1 aliphatic carbocycles. The van der Waals surface area contributed by atoms with Crippen molar-refractivity contribution < 1.29 is 4.79 Å². The van der Waals surface area contributed by atoms with Crippen molar-refractivity contribution in [3.8, 4) is 0 Å². The summed E-state index contributed by atoms with van der Waals surface area (Å²) in [5.41, 5.74) is 4.86. The summed E-state index contributed by atoms with van der Waals surface area (Å²) in [6.07, 6.45) is 6.65. The Balaban J connectivity index is 2.02. The summed E-state index contributed by atoms with van der Waals surface area (Å²) < 4.78 is 0. The molecule has 0 unspecified atom stereocenters. The molecule has 0 spiro atoms.